The summed E-state index contributed by atoms with van der Waals surface area (Å²) in [6.07, 6.45) is -0.675. The molecule has 29 heavy (non-hydrogen) atoms. The van der Waals surface area contributed by atoms with Crippen LogP contribution in [0.25, 0.3) is 0 Å². The standard InChI is InChI=1S/C23H20ClNO4/c1-15(22(26)16-5-3-7-18(24)13-16)29-20-11-9-19(10-12-20)25-23(27)17-6-4-8-21(14-17)28-2/h3-15H,1-2H3,(H,25,27). The first-order chi connectivity index (χ1) is 14.0. The number of anilines is 1. The van der Waals surface area contributed by atoms with Gasteiger partial charge in [-0.25, -0.2) is 0 Å². The molecule has 0 fully saturated rings. The highest BCUT2D eigenvalue weighted by Gasteiger charge is 2.17. The fourth-order valence-corrected chi connectivity index (χ4v) is 2.91. The zero-order chi connectivity index (χ0) is 20.8. The number of hydrogen-bond acceptors (Lipinski definition) is 4. The Morgan fingerprint density at radius 3 is 2.28 bits per heavy atom. The number of carbonyl (C=O) groups is 2. The van der Waals surface area contributed by atoms with Gasteiger partial charge >= 0.3 is 0 Å². The molecule has 148 valence electrons. The van der Waals surface area contributed by atoms with E-state index in [0.717, 1.165) is 0 Å². The molecule has 0 heterocycles. The molecular weight excluding hydrogens is 390 g/mol. The van der Waals surface area contributed by atoms with Crippen LogP contribution < -0.4 is 14.8 Å². The molecule has 1 N–H and O–H groups in total. The number of carbonyl (C=O) groups excluding carboxylic acids is 2. The molecule has 0 aliphatic heterocycles. The Morgan fingerprint density at radius 1 is 0.897 bits per heavy atom. The van der Waals surface area contributed by atoms with Crippen LogP contribution in [0.4, 0.5) is 5.69 Å². The third kappa shape index (κ3) is 5.36. The van der Waals surface area contributed by atoms with Crippen LogP contribution in [0.1, 0.15) is 27.6 Å². The number of halogens is 1. The summed E-state index contributed by atoms with van der Waals surface area (Å²) in [7, 11) is 1.55. The fraction of sp³-hybridized carbons (Fsp3) is 0.130. The zero-order valence-corrected chi connectivity index (χ0v) is 16.8. The highest BCUT2D eigenvalue weighted by Crippen LogP contribution is 2.20. The summed E-state index contributed by atoms with van der Waals surface area (Å²) in [5.74, 6) is 0.719. The van der Waals surface area contributed by atoms with Crippen LogP contribution in [0.15, 0.2) is 72.8 Å². The molecule has 0 saturated carbocycles. The second-order valence-electron chi connectivity index (χ2n) is 6.35. The van der Waals surface area contributed by atoms with Crippen LogP contribution in [0.5, 0.6) is 11.5 Å². The monoisotopic (exact) mass is 409 g/mol. The summed E-state index contributed by atoms with van der Waals surface area (Å²) in [4.78, 5) is 24.8. The van der Waals surface area contributed by atoms with Gasteiger partial charge in [0.2, 0.25) is 5.78 Å². The van der Waals surface area contributed by atoms with Gasteiger partial charge in [0.05, 0.1) is 7.11 Å². The van der Waals surface area contributed by atoms with Gasteiger partial charge in [0.25, 0.3) is 5.91 Å². The van der Waals surface area contributed by atoms with Crippen LogP contribution in [0.3, 0.4) is 0 Å². The predicted molar refractivity (Wildman–Crippen MR) is 113 cm³/mol. The van der Waals surface area contributed by atoms with E-state index >= 15 is 0 Å². The Bertz CT molecular complexity index is 1020. The summed E-state index contributed by atoms with van der Waals surface area (Å²) in [6, 6.07) is 20.5. The van der Waals surface area contributed by atoms with E-state index in [1.807, 2.05) is 0 Å². The number of nitrogens with one attached hydrogen (secondary N) is 1. The second-order valence-corrected chi connectivity index (χ2v) is 6.78. The Kier molecular flexibility index (Phi) is 6.52. The molecule has 0 spiro atoms. The topological polar surface area (TPSA) is 64.6 Å². The van der Waals surface area contributed by atoms with Crippen molar-refractivity contribution in [1.82, 2.24) is 0 Å². The van der Waals surface area contributed by atoms with Gasteiger partial charge < -0.3 is 14.8 Å². The fourth-order valence-electron chi connectivity index (χ4n) is 2.72. The first-order valence-corrected chi connectivity index (χ1v) is 9.36. The zero-order valence-electron chi connectivity index (χ0n) is 16.0. The maximum absolute atomic E-state index is 12.5. The maximum atomic E-state index is 12.5. The lowest BCUT2D eigenvalue weighted by Crippen LogP contribution is -2.23. The van der Waals surface area contributed by atoms with Crippen molar-refractivity contribution in [3.63, 3.8) is 0 Å². The summed E-state index contributed by atoms with van der Waals surface area (Å²) in [5.41, 5.74) is 1.59. The van der Waals surface area contributed by atoms with Gasteiger partial charge in [-0.3, -0.25) is 9.59 Å². The van der Waals surface area contributed by atoms with Crippen molar-refractivity contribution >= 4 is 29.0 Å². The summed E-state index contributed by atoms with van der Waals surface area (Å²) >= 11 is 5.94. The molecule has 3 aromatic carbocycles. The third-order valence-electron chi connectivity index (χ3n) is 4.24. The van der Waals surface area contributed by atoms with Crippen molar-refractivity contribution in [2.75, 3.05) is 12.4 Å². The number of ether oxygens (including phenoxy) is 2. The minimum atomic E-state index is -0.675. The third-order valence-corrected chi connectivity index (χ3v) is 4.47. The van der Waals surface area contributed by atoms with Crippen molar-refractivity contribution < 1.29 is 19.1 Å². The number of methoxy groups -OCH3 is 1. The average Bonchev–Trinajstić information content (AvgIpc) is 2.74. The van der Waals surface area contributed by atoms with E-state index in [-0.39, 0.29) is 11.7 Å². The van der Waals surface area contributed by atoms with Gasteiger partial charge in [-0.05, 0) is 61.5 Å². The number of amides is 1. The molecule has 0 radical (unpaired) electrons. The normalized spacial score (nSPS) is 11.4. The quantitative estimate of drug-likeness (QED) is 0.541. The van der Waals surface area contributed by atoms with E-state index in [1.165, 1.54) is 0 Å². The number of hydrogen-bond donors (Lipinski definition) is 1. The number of Topliss-reactive ketones (excluding diaryl/α,β-unsaturated/α-hetero) is 1. The first-order valence-electron chi connectivity index (χ1n) is 8.98. The molecule has 1 amide bonds. The summed E-state index contributed by atoms with van der Waals surface area (Å²) in [5, 5.41) is 3.31. The molecule has 0 aliphatic rings. The highest BCUT2D eigenvalue weighted by atomic mass is 35.5. The number of ketones is 1. The highest BCUT2D eigenvalue weighted by molar-refractivity contribution is 6.31. The van der Waals surface area contributed by atoms with Gasteiger partial charge in [0, 0.05) is 21.8 Å². The molecule has 3 rings (SSSR count). The molecular formula is C23H20ClNO4. The Hall–Kier alpha value is -3.31. The molecule has 5 nitrogen and oxygen atoms in total. The smallest absolute Gasteiger partial charge is 0.255 e. The van der Waals surface area contributed by atoms with Crippen molar-refractivity contribution in [1.29, 1.82) is 0 Å². The first kappa shape index (κ1) is 20.4. The molecule has 1 unspecified atom stereocenters. The second kappa shape index (κ2) is 9.26. The number of benzene rings is 3. The van der Waals surface area contributed by atoms with E-state index in [9.17, 15) is 9.59 Å². The van der Waals surface area contributed by atoms with Crippen LogP contribution >= 0.6 is 11.6 Å². The molecule has 3 aromatic rings. The van der Waals surface area contributed by atoms with E-state index in [4.69, 9.17) is 21.1 Å². The lowest BCUT2D eigenvalue weighted by atomic mass is 10.1. The molecule has 0 aliphatic carbocycles. The maximum Gasteiger partial charge on any atom is 0.255 e. The van der Waals surface area contributed by atoms with Gasteiger partial charge in [-0.2, -0.15) is 0 Å². The van der Waals surface area contributed by atoms with Crippen LogP contribution in [-0.4, -0.2) is 24.9 Å². The summed E-state index contributed by atoms with van der Waals surface area (Å²) in [6.45, 7) is 1.68. The van der Waals surface area contributed by atoms with Crippen LogP contribution in [0.2, 0.25) is 5.02 Å². The molecule has 0 bridgehead atoms. The van der Waals surface area contributed by atoms with Gasteiger partial charge in [-0.15, -0.1) is 0 Å². The van der Waals surface area contributed by atoms with E-state index in [2.05, 4.69) is 5.32 Å². The van der Waals surface area contributed by atoms with E-state index in [1.54, 1.807) is 86.8 Å². The Morgan fingerprint density at radius 2 is 1.59 bits per heavy atom. The largest absolute Gasteiger partial charge is 0.497 e. The van der Waals surface area contributed by atoms with Crippen molar-refractivity contribution in [2.24, 2.45) is 0 Å². The van der Waals surface area contributed by atoms with Gasteiger partial charge in [-0.1, -0.05) is 29.8 Å². The molecule has 1 atom stereocenters. The minimum Gasteiger partial charge on any atom is -0.497 e. The van der Waals surface area contributed by atoms with E-state index < -0.39 is 6.10 Å². The molecule has 0 aromatic heterocycles. The van der Waals surface area contributed by atoms with Crippen molar-refractivity contribution in [3.05, 3.63) is 88.9 Å². The van der Waals surface area contributed by atoms with E-state index in [0.29, 0.717) is 33.3 Å². The van der Waals surface area contributed by atoms with Gasteiger partial charge in [0.1, 0.15) is 11.5 Å². The molecule has 0 saturated heterocycles. The lowest BCUT2D eigenvalue weighted by molar-refractivity contribution is 0.0818. The van der Waals surface area contributed by atoms with Gasteiger partial charge in [0.15, 0.2) is 6.10 Å². The minimum absolute atomic E-state index is 0.164. The number of rotatable bonds is 7. The van der Waals surface area contributed by atoms with Crippen molar-refractivity contribution in [2.45, 2.75) is 13.0 Å². The Labute approximate surface area is 174 Å². The predicted octanol–water partition coefficient (Wildman–Crippen LogP) is 5.25. The van der Waals surface area contributed by atoms with Crippen molar-refractivity contribution in [3.8, 4) is 11.5 Å². The van der Waals surface area contributed by atoms with Crippen LogP contribution in [0, 0.1) is 0 Å². The summed E-state index contributed by atoms with van der Waals surface area (Å²) < 4.78 is 10.9. The lowest BCUT2D eigenvalue weighted by Gasteiger charge is -2.14. The van der Waals surface area contributed by atoms with Crippen LogP contribution in [-0.2, 0) is 0 Å². The average molecular weight is 410 g/mol. The Balaban J connectivity index is 1.62. The molecule has 6 heteroatoms. The SMILES string of the molecule is COc1cccc(C(=O)Nc2ccc(OC(C)C(=O)c3cccc(Cl)c3)cc2)c1.